The van der Waals surface area contributed by atoms with Crippen LogP contribution in [0.15, 0.2) is 59.0 Å². The minimum atomic E-state index is -0.897. The summed E-state index contributed by atoms with van der Waals surface area (Å²) in [6.45, 7) is 3.83. The van der Waals surface area contributed by atoms with E-state index in [0.29, 0.717) is 17.7 Å². The summed E-state index contributed by atoms with van der Waals surface area (Å²) in [6.07, 6.45) is -0.179. The first-order chi connectivity index (χ1) is 12.6. The van der Waals surface area contributed by atoms with E-state index in [2.05, 4.69) is 5.32 Å². The van der Waals surface area contributed by atoms with E-state index in [1.165, 1.54) is 0 Å². The predicted molar refractivity (Wildman–Crippen MR) is 99.0 cm³/mol. The highest BCUT2D eigenvalue weighted by molar-refractivity contribution is 5.97. The predicted octanol–water partition coefficient (Wildman–Crippen LogP) is 3.65. The van der Waals surface area contributed by atoms with Gasteiger partial charge in [0, 0.05) is 17.5 Å². The quantitative estimate of drug-likeness (QED) is 0.689. The number of ether oxygens (including phenoxy) is 1. The monoisotopic (exact) mass is 351 g/mol. The Balaban J connectivity index is 1.56. The summed E-state index contributed by atoms with van der Waals surface area (Å²) in [6, 6.07) is 17.2. The van der Waals surface area contributed by atoms with Crippen LogP contribution in [0, 0.1) is 6.92 Å². The van der Waals surface area contributed by atoms with Gasteiger partial charge in [-0.3, -0.25) is 4.79 Å². The number of nitrogens with one attached hydrogen (secondary N) is 1. The summed E-state index contributed by atoms with van der Waals surface area (Å²) in [5.41, 5.74) is 2.47. The number of hydrogen-bond donors (Lipinski definition) is 1. The fraction of sp³-hybridized carbons (Fsp3) is 0.238. The average molecular weight is 351 g/mol. The molecule has 1 atom stereocenters. The van der Waals surface area contributed by atoms with Crippen molar-refractivity contribution in [2.75, 3.05) is 6.54 Å². The molecule has 1 heterocycles. The van der Waals surface area contributed by atoms with Gasteiger partial charge >= 0.3 is 5.97 Å². The third kappa shape index (κ3) is 3.94. The smallest absolute Gasteiger partial charge is 0.375 e. The number of fused-ring (bicyclic) bond motifs is 1. The first kappa shape index (κ1) is 17.7. The van der Waals surface area contributed by atoms with Crippen molar-refractivity contribution in [2.24, 2.45) is 0 Å². The van der Waals surface area contributed by atoms with Crippen LogP contribution in [-0.4, -0.2) is 24.5 Å². The minimum Gasteiger partial charge on any atom is -0.449 e. The van der Waals surface area contributed by atoms with Gasteiger partial charge in [-0.1, -0.05) is 48.5 Å². The molecule has 3 aromatic rings. The third-order valence-electron chi connectivity index (χ3n) is 4.24. The SMILES string of the molecule is Cc1c(C(=O)OC(C)C(=O)NCCc2ccccc2)oc2ccccc12. The molecule has 3 rings (SSSR count). The highest BCUT2D eigenvalue weighted by Gasteiger charge is 2.23. The number of carbonyl (C=O) groups excluding carboxylic acids is 2. The van der Waals surface area contributed by atoms with E-state index < -0.39 is 12.1 Å². The molecule has 0 saturated carbocycles. The van der Waals surface area contributed by atoms with E-state index in [1.54, 1.807) is 19.9 Å². The molecule has 5 nitrogen and oxygen atoms in total. The lowest BCUT2D eigenvalue weighted by molar-refractivity contribution is -0.129. The van der Waals surface area contributed by atoms with Crippen LogP contribution in [0.4, 0.5) is 0 Å². The molecule has 5 heteroatoms. The maximum atomic E-state index is 12.3. The highest BCUT2D eigenvalue weighted by atomic mass is 16.6. The lowest BCUT2D eigenvalue weighted by Gasteiger charge is -2.13. The highest BCUT2D eigenvalue weighted by Crippen LogP contribution is 2.25. The molecule has 26 heavy (non-hydrogen) atoms. The Morgan fingerprint density at radius 2 is 1.77 bits per heavy atom. The Labute approximate surface area is 152 Å². The van der Waals surface area contributed by atoms with E-state index in [0.717, 1.165) is 17.4 Å². The lowest BCUT2D eigenvalue weighted by Crippen LogP contribution is -2.36. The zero-order valence-electron chi connectivity index (χ0n) is 14.8. The van der Waals surface area contributed by atoms with Crippen LogP contribution < -0.4 is 5.32 Å². The Kier molecular flexibility index (Phi) is 5.37. The van der Waals surface area contributed by atoms with Gasteiger partial charge in [-0.05, 0) is 31.9 Å². The van der Waals surface area contributed by atoms with Gasteiger partial charge < -0.3 is 14.5 Å². The molecule has 0 saturated heterocycles. The molecule has 0 aliphatic rings. The molecular weight excluding hydrogens is 330 g/mol. The molecule has 0 bridgehead atoms. The van der Waals surface area contributed by atoms with Crippen LogP contribution >= 0.6 is 0 Å². The van der Waals surface area contributed by atoms with Gasteiger partial charge in [0.1, 0.15) is 5.58 Å². The van der Waals surface area contributed by atoms with Crippen LogP contribution in [0.3, 0.4) is 0 Å². The number of hydrogen-bond acceptors (Lipinski definition) is 4. The fourth-order valence-corrected chi connectivity index (χ4v) is 2.76. The van der Waals surface area contributed by atoms with Crippen LogP contribution in [0.5, 0.6) is 0 Å². The van der Waals surface area contributed by atoms with Crippen LogP contribution in [-0.2, 0) is 16.0 Å². The van der Waals surface area contributed by atoms with Gasteiger partial charge in [0.2, 0.25) is 5.76 Å². The van der Waals surface area contributed by atoms with Gasteiger partial charge in [0.25, 0.3) is 5.91 Å². The van der Waals surface area contributed by atoms with Gasteiger partial charge in [0.15, 0.2) is 6.10 Å². The minimum absolute atomic E-state index is 0.134. The summed E-state index contributed by atoms with van der Waals surface area (Å²) in [5, 5.41) is 3.64. The van der Waals surface area contributed by atoms with Crippen molar-refractivity contribution in [3.63, 3.8) is 0 Å². The molecule has 0 aliphatic carbocycles. The van der Waals surface area contributed by atoms with Gasteiger partial charge in [-0.2, -0.15) is 0 Å². The van der Waals surface area contributed by atoms with Crippen molar-refractivity contribution in [3.05, 3.63) is 71.5 Å². The summed E-state index contributed by atoms with van der Waals surface area (Å²) in [4.78, 5) is 24.5. The number of esters is 1. The molecule has 2 aromatic carbocycles. The zero-order chi connectivity index (χ0) is 18.5. The van der Waals surface area contributed by atoms with Gasteiger partial charge in [-0.25, -0.2) is 4.79 Å². The van der Waals surface area contributed by atoms with E-state index in [4.69, 9.17) is 9.15 Å². The number of para-hydroxylation sites is 1. The fourth-order valence-electron chi connectivity index (χ4n) is 2.76. The Morgan fingerprint density at radius 3 is 2.50 bits per heavy atom. The molecule has 1 amide bonds. The molecule has 0 spiro atoms. The Bertz CT molecular complexity index is 914. The van der Waals surface area contributed by atoms with Crippen molar-refractivity contribution in [3.8, 4) is 0 Å². The molecule has 1 aromatic heterocycles. The molecular formula is C21H21NO4. The van der Waals surface area contributed by atoms with Crippen molar-refractivity contribution in [2.45, 2.75) is 26.4 Å². The van der Waals surface area contributed by atoms with E-state index in [1.807, 2.05) is 48.5 Å². The largest absolute Gasteiger partial charge is 0.449 e. The van der Waals surface area contributed by atoms with Crippen molar-refractivity contribution in [1.29, 1.82) is 0 Å². The summed E-state index contributed by atoms with van der Waals surface area (Å²) < 4.78 is 10.8. The first-order valence-corrected chi connectivity index (χ1v) is 8.57. The van der Waals surface area contributed by atoms with Crippen LogP contribution in [0.25, 0.3) is 11.0 Å². The number of amides is 1. The third-order valence-corrected chi connectivity index (χ3v) is 4.24. The second-order valence-corrected chi connectivity index (χ2v) is 6.13. The summed E-state index contributed by atoms with van der Waals surface area (Å²) >= 11 is 0. The van der Waals surface area contributed by atoms with Gasteiger partial charge in [0.05, 0.1) is 0 Å². The number of benzene rings is 2. The van der Waals surface area contributed by atoms with Crippen LogP contribution in [0.1, 0.15) is 28.6 Å². The maximum absolute atomic E-state index is 12.3. The normalized spacial score (nSPS) is 11.9. The number of aryl methyl sites for hydroxylation is 1. The first-order valence-electron chi connectivity index (χ1n) is 8.57. The van der Waals surface area contributed by atoms with Crippen molar-refractivity contribution < 1.29 is 18.7 Å². The average Bonchev–Trinajstić information content (AvgIpc) is 2.99. The lowest BCUT2D eigenvalue weighted by atomic mass is 10.1. The van der Waals surface area contributed by atoms with Gasteiger partial charge in [-0.15, -0.1) is 0 Å². The van der Waals surface area contributed by atoms with E-state index in [-0.39, 0.29) is 11.7 Å². The number of furan rings is 1. The number of carbonyl (C=O) groups is 2. The zero-order valence-corrected chi connectivity index (χ0v) is 14.8. The second-order valence-electron chi connectivity index (χ2n) is 6.13. The topological polar surface area (TPSA) is 68.5 Å². The summed E-state index contributed by atoms with van der Waals surface area (Å²) in [7, 11) is 0. The van der Waals surface area contributed by atoms with Crippen molar-refractivity contribution in [1.82, 2.24) is 5.32 Å². The molecule has 0 fully saturated rings. The molecule has 134 valence electrons. The maximum Gasteiger partial charge on any atom is 0.375 e. The molecule has 1 N–H and O–H groups in total. The second kappa shape index (κ2) is 7.87. The molecule has 1 unspecified atom stereocenters. The Hall–Kier alpha value is -3.08. The van der Waals surface area contributed by atoms with E-state index >= 15 is 0 Å². The Morgan fingerprint density at radius 1 is 1.08 bits per heavy atom. The number of rotatable bonds is 6. The molecule has 0 radical (unpaired) electrons. The van der Waals surface area contributed by atoms with Crippen molar-refractivity contribution >= 4 is 22.8 Å². The summed E-state index contributed by atoms with van der Waals surface area (Å²) in [5.74, 6) is -0.831. The standard InChI is InChI=1S/C21H21NO4/c1-14-17-10-6-7-11-18(17)26-19(14)21(24)25-15(2)20(23)22-13-12-16-8-4-3-5-9-16/h3-11,15H,12-13H2,1-2H3,(H,22,23). The molecule has 0 aliphatic heterocycles. The van der Waals surface area contributed by atoms with Crippen LogP contribution in [0.2, 0.25) is 0 Å². The van der Waals surface area contributed by atoms with E-state index in [9.17, 15) is 9.59 Å².